The molecule has 0 heterocycles. The van der Waals surface area contributed by atoms with Gasteiger partial charge in [-0.05, 0) is 24.2 Å². The van der Waals surface area contributed by atoms with Gasteiger partial charge >= 0.3 is 0 Å². The summed E-state index contributed by atoms with van der Waals surface area (Å²) in [6, 6.07) is 5.63. The highest BCUT2D eigenvalue weighted by Gasteiger charge is 2.06. The Morgan fingerprint density at radius 1 is 1.21 bits per heavy atom. The van der Waals surface area contributed by atoms with Gasteiger partial charge in [0, 0.05) is 6.54 Å². The molecule has 0 aliphatic heterocycles. The highest BCUT2D eigenvalue weighted by atomic mass is 16.5. The Morgan fingerprint density at radius 3 is 2.58 bits per heavy atom. The number of hydrogen-bond donors (Lipinski definition) is 2. The van der Waals surface area contributed by atoms with Crippen LogP contribution < -0.4 is 14.8 Å². The van der Waals surface area contributed by atoms with Crippen LogP contribution in [-0.4, -0.2) is 45.1 Å². The van der Waals surface area contributed by atoms with E-state index < -0.39 is 6.10 Å². The van der Waals surface area contributed by atoms with Gasteiger partial charge in [-0.15, -0.1) is 0 Å². The maximum Gasteiger partial charge on any atom is 0.161 e. The van der Waals surface area contributed by atoms with Crippen molar-refractivity contribution in [3.05, 3.63) is 23.8 Å². The standard InChI is InChI=1S/C14H23NO4/c1-4-15-8-12(16)10-19-9-11-5-6-13(17-2)14(7-11)18-3/h5-7,12,15-16H,4,8-10H2,1-3H3/t12-/m1/s1. The third-order valence-corrected chi connectivity index (χ3v) is 2.66. The lowest BCUT2D eigenvalue weighted by atomic mass is 10.2. The van der Waals surface area contributed by atoms with Crippen molar-refractivity contribution in [2.75, 3.05) is 33.9 Å². The van der Waals surface area contributed by atoms with E-state index in [0.29, 0.717) is 31.3 Å². The number of methoxy groups -OCH3 is 2. The summed E-state index contributed by atoms with van der Waals surface area (Å²) >= 11 is 0. The number of aliphatic hydroxyl groups excluding tert-OH is 1. The van der Waals surface area contributed by atoms with Crippen LogP contribution in [0.5, 0.6) is 11.5 Å². The van der Waals surface area contributed by atoms with Crippen LogP contribution in [-0.2, 0) is 11.3 Å². The topological polar surface area (TPSA) is 60.0 Å². The second-order valence-corrected chi connectivity index (χ2v) is 4.17. The summed E-state index contributed by atoms with van der Waals surface area (Å²) in [5.74, 6) is 1.37. The minimum Gasteiger partial charge on any atom is -0.493 e. The molecule has 0 aromatic heterocycles. The quantitative estimate of drug-likeness (QED) is 0.705. The molecule has 108 valence electrons. The lowest BCUT2D eigenvalue weighted by Crippen LogP contribution is -2.30. The summed E-state index contributed by atoms with van der Waals surface area (Å²) in [5.41, 5.74) is 0.980. The molecular weight excluding hydrogens is 246 g/mol. The molecule has 1 rings (SSSR count). The first kappa shape index (κ1) is 15.8. The summed E-state index contributed by atoms with van der Waals surface area (Å²) in [6.45, 7) is 4.12. The first-order chi connectivity index (χ1) is 9.21. The van der Waals surface area contributed by atoms with Crippen molar-refractivity contribution >= 4 is 0 Å². The van der Waals surface area contributed by atoms with Crippen molar-refractivity contribution in [1.82, 2.24) is 5.32 Å². The van der Waals surface area contributed by atoms with Crippen LogP contribution in [0.2, 0.25) is 0 Å². The van der Waals surface area contributed by atoms with E-state index in [1.54, 1.807) is 14.2 Å². The lowest BCUT2D eigenvalue weighted by molar-refractivity contribution is 0.0290. The Bertz CT molecular complexity index is 370. The zero-order chi connectivity index (χ0) is 14.1. The third-order valence-electron chi connectivity index (χ3n) is 2.66. The fourth-order valence-corrected chi connectivity index (χ4v) is 1.65. The SMILES string of the molecule is CCNC[C@@H](O)COCc1ccc(OC)c(OC)c1. The van der Waals surface area contributed by atoms with Crippen LogP contribution in [0.25, 0.3) is 0 Å². The molecule has 5 heteroatoms. The van der Waals surface area contributed by atoms with E-state index >= 15 is 0 Å². The molecule has 5 nitrogen and oxygen atoms in total. The van der Waals surface area contributed by atoms with Gasteiger partial charge in [0.15, 0.2) is 11.5 Å². The molecule has 1 aromatic carbocycles. The first-order valence-corrected chi connectivity index (χ1v) is 6.38. The Labute approximate surface area is 114 Å². The van der Waals surface area contributed by atoms with E-state index in [0.717, 1.165) is 12.1 Å². The zero-order valence-electron chi connectivity index (χ0n) is 11.8. The average Bonchev–Trinajstić information content (AvgIpc) is 2.44. The minimum absolute atomic E-state index is 0.307. The molecule has 0 fully saturated rings. The van der Waals surface area contributed by atoms with Crippen molar-refractivity contribution in [3.8, 4) is 11.5 Å². The largest absolute Gasteiger partial charge is 0.493 e. The normalized spacial score (nSPS) is 12.2. The molecule has 0 bridgehead atoms. The molecule has 0 saturated carbocycles. The zero-order valence-corrected chi connectivity index (χ0v) is 11.8. The molecule has 0 amide bonds. The van der Waals surface area contributed by atoms with E-state index in [1.807, 2.05) is 25.1 Å². The number of nitrogens with one attached hydrogen (secondary N) is 1. The van der Waals surface area contributed by atoms with Crippen molar-refractivity contribution in [2.45, 2.75) is 19.6 Å². The van der Waals surface area contributed by atoms with Crippen molar-refractivity contribution in [2.24, 2.45) is 0 Å². The molecule has 0 aliphatic carbocycles. The van der Waals surface area contributed by atoms with Crippen molar-refractivity contribution in [1.29, 1.82) is 0 Å². The van der Waals surface area contributed by atoms with E-state index in [4.69, 9.17) is 14.2 Å². The van der Waals surface area contributed by atoms with Crippen LogP contribution in [0.4, 0.5) is 0 Å². The van der Waals surface area contributed by atoms with Crippen molar-refractivity contribution < 1.29 is 19.3 Å². The van der Waals surface area contributed by atoms with Crippen LogP contribution in [0.1, 0.15) is 12.5 Å². The summed E-state index contributed by atoms with van der Waals surface area (Å²) in [5, 5.41) is 12.7. The van der Waals surface area contributed by atoms with Gasteiger partial charge in [-0.1, -0.05) is 13.0 Å². The number of hydrogen-bond acceptors (Lipinski definition) is 5. The predicted octanol–water partition coefficient (Wildman–Crippen LogP) is 1.19. The number of aliphatic hydroxyl groups is 1. The second-order valence-electron chi connectivity index (χ2n) is 4.17. The van der Waals surface area contributed by atoms with E-state index in [1.165, 1.54) is 0 Å². The van der Waals surface area contributed by atoms with E-state index in [9.17, 15) is 5.11 Å². The molecule has 19 heavy (non-hydrogen) atoms. The summed E-state index contributed by atoms with van der Waals surface area (Å²) in [6.07, 6.45) is -0.486. The summed E-state index contributed by atoms with van der Waals surface area (Å²) < 4.78 is 15.8. The lowest BCUT2D eigenvalue weighted by Gasteiger charge is -2.13. The Hall–Kier alpha value is -1.30. The maximum absolute atomic E-state index is 9.61. The summed E-state index contributed by atoms with van der Waals surface area (Å²) in [7, 11) is 3.20. The molecule has 2 N–H and O–H groups in total. The monoisotopic (exact) mass is 269 g/mol. The number of benzene rings is 1. The predicted molar refractivity (Wildman–Crippen MR) is 73.8 cm³/mol. The molecule has 0 saturated heterocycles. The minimum atomic E-state index is -0.486. The number of ether oxygens (including phenoxy) is 3. The third kappa shape index (κ3) is 5.46. The fraction of sp³-hybridized carbons (Fsp3) is 0.571. The van der Waals surface area contributed by atoms with Crippen LogP contribution >= 0.6 is 0 Å². The highest BCUT2D eigenvalue weighted by Crippen LogP contribution is 2.27. The molecule has 0 aliphatic rings. The second kappa shape index (κ2) is 8.74. The summed E-state index contributed by atoms with van der Waals surface area (Å²) in [4.78, 5) is 0. The van der Waals surface area contributed by atoms with Crippen LogP contribution in [0.3, 0.4) is 0 Å². The first-order valence-electron chi connectivity index (χ1n) is 6.38. The van der Waals surface area contributed by atoms with Crippen molar-refractivity contribution in [3.63, 3.8) is 0 Å². The van der Waals surface area contributed by atoms with Gasteiger partial charge in [0.05, 0.1) is 33.5 Å². The van der Waals surface area contributed by atoms with Crippen LogP contribution in [0, 0.1) is 0 Å². The maximum atomic E-state index is 9.61. The number of rotatable bonds is 9. The van der Waals surface area contributed by atoms with E-state index in [2.05, 4.69) is 5.32 Å². The van der Waals surface area contributed by atoms with Gasteiger partial charge in [0.25, 0.3) is 0 Å². The average molecular weight is 269 g/mol. The Morgan fingerprint density at radius 2 is 1.95 bits per heavy atom. The molecular formula is C14H23NO4. The van der Waals surface area contributed by atoms with Gasteiger partial charge in [0.2, 0.25) is 0 Å². The molecule has 1 aromatic rings. The molecule has 0 unspecified atom stereocenters. The van der Waals surface area contributed by atoms with Gasteiger partial charge < -0.3 is 24.6 Å². The number of likely N-dealkylation sites (N-methyl/N-ethyl adjacent to an activating group) is 1. The molecule has 0 radical (unpaired) electrons. The van der Waals surface area contributed by atoms with Gasteiger partial charge in [-0.3, -0.25) is 0 Å². The highest BCUT2D eigenvalue weighted by molar-refractivity contribution is 5.42. The fourth-order valence-electron chi connectivity index (χ4n) is 1.65. The van der Waals surface area contributed by atoms with Gasteiger partial charge in [0.1, 0.15) is 0 Å². The van der Waals surface area contributed by atoms with Crippen LogP contribution in [0.15, 0.2) is 18.2 Å². The van der Waals surface area contributed by atoms with E-state index in [-0.39, 0.29) is 0 Å². The molecule has 1 atom stereocenters. The smallest absolute Gasteiger partial charge is 0.161 e. The van der Waals surface area contributed by atoms with Gasteiger partial charge in [-0.25, -0.2) is 0 Å². The van der Waals surface area contributed by atoms with Gasteiger partial charge in [-0.2, -0.15) is 0 Å². The Balaban J connectivity index is 2.41. The Kier molecular flexibility index (Phi) is 7.25. The molecule has 0 spiro atoms.